The second kappa shape index (κ2) is 6.52. The van der Waals surface area contributed by atoms with Gasteiger partial charge in [0.25, 0.3) is 0 Å². The number of carbonyl (C=O) groups is 1. The normalized spacial score (nSPS) is 10.6. The Labute approximate surface area is 141 Å². The summed E-state index contributed by atoms with van der Waals surface area (Å²) in [7, 11) is 0. The molecule has 8 nitrogen and oxygen atoms in total. The molecule has 0 radical (unpaired) electrons. The molecule has 25 heavy (non-hydrogen) atoms. The van der Waals surface area contributed by atoms with Crippen molar-refractivity contribution >= 4 is 22.9 Å². The number of benzene rings is 1. The van der Waals surface area contributed by atoms with E-state index in [1.54, 1.807) is 6.92 Å². The summed E-state index contributed by atoms with van der Waals surface area (Å²) in [6.45, 7) is 1.84. The molecule has 0 aliphatic heterocycles. The fourth-order valence-electron chi connectivity index (χ4n) is 2.29. The third-order valence-corrected chi connectivity index (χ3v) is 3.35. The fourth-order valence-corrected chi connectivity index (χ4v) is 2.29. The Morgan fingerprint density at radius 3 is 2.80 bits per heavy atom. The van der Waals surface area contributed by atoms with Crippen LogP contribution in [0.2, 0.25) is 0 Å². The number of aromatic hydroxyl groups is 2. The lowest BCUT2D eigenvalue weighted by Crippen LogP contribution is -2.14. The van der Waals surface area contributed by atoms with Crippen molar-refractivity contribution in [1.82, 2.24) is 4.98 Å². The summed E-state index contributed by atoms with van der Waals surface area (Å²) < 4.78 is 10.4. The molecule has 0 spiro atoms. The molecule has 0 bridgehead atoms. The summed E-state index contributed by atoms with van der Waals surface area (Å²) in [4.78, 5) is 27.8. The monoisotopic (exact) mass is 342 g/mol. The van der Waals surface area contributed by atoms with Crippen LogP contribution in [0.5, 0.6) is 11.5 Å². The standard InChI is InChI=1S/C17H14N2O6/c1-2-24-17(23)19-13-6-9(20)3-4-11(13)15-7-14(22)12-5-10(21)8-18-16(12)25-15/h3-8,20-21H,2H2,1H3,(H,19,23). The molecule has 3 rings (SSSR count). The fraction of sp³-hybridized carbons (Fsp3) is 0.118. The predicted octanol–water partition coefficient (Wildman–Crippen LogP) is 2.83. The van der Waals surface area contributed by atoms with E-state index in [1.807, 2.05) is 0 Å². The summed E-state index contributed by atoms with van der Waals surface area (Å²) in [5, 5.41) is 21.7. The van der Waals surface area contributed by atoms with Crippen LogP contribution in [0.1, 0.15) is 6.92 Å². The highest BCUT2D eigenvalue weighted by atomic mass is 16.5. The van der Waals surface area contributed by atoms with Crippen molar-refractivity contribution in [2.75, 3.05) is 11.9 Å². The number of anilines is 1. The van der Waals surface area contributed by atoms with E-state index in [2.05, 4.69) is 10.3 Å². The molecule has 2 aromatic heterocycles. The second-order valence-electron chi connectivity index (χ2n) is 5.10. The molecule has 0 saturated carbocycles. The van der Waals surface area contributed by atoms with E-state index >= 15 is 0 Å². The number of carbonyl (C=O) groups excluding carboxylic acids is 1. The van der Waals surface area contributed by atoms with Crippen molar-refractivity contribution in [3.63, 3.8) is 0 Å². The number of hydrogen-bond donors (Lipinski definition) is 3. The van der Waals surface area contributed by atoms with Crippen molar-refractivity contribution in [3.05, 3.63) is 46.8 Å². The number of hydrogen-bond acceptors (Lipinski definition) is 7. The second-order valence-corrected chi connectivity index (χ2v) is 5.10. The van der Waals surface area contributed by atoms with Crippen LogP contribution < -0.4 is 10.7 Å². The van der Waals surface area contributed by atoms with Crippen molar-refractivity contribution in [2.24, 2.45) is 0 Å². The number of rotatable bonds is 3. The first kappa shape index (κ1) is 16.3. The summed E-state index contributed by atoms with van der Waals surface area (Å²) >= 11 is 0. The highest BCUT2D eigenvalue weighted by Gasteiger charge is 2.15. The molecule has 3 aromatic rings. The Balaban J connectivity index is 2.13. The highest BCUT2D eigenvalue weighted by molar-refractivity contribution is 5.91. The van der Waals surface area contributed by atoms with Gasteiger partial charge in [-0.3, -0.25) is 10.1 Å². The number of nitrogens with zero attached hydrogens (tertiary/aromatic N) is 1. The number of pyridine rings is 1. The van der Waals surface area contributed by atoms with Gasteiger partial charge in [0.2, 0.25) is 5.71 Å². The first-order chi connectivity index (χ1) is 12.0. The first-order valence-electron chi connectivity index (χ1n) is 7.38. The van der Waals surface area contributed by atoms with E-state index in [-0.39, 0.29) is 40.7 Å². The van der Waals surface area contributed by atoms with Crippen LogP contribution in [0, 0.1) is 0 Å². The molecule has 8 heteroatoms. The lowest BCUT2D eigenvalue weighted by molar-refractivity contribution is 0.168. The quantitative estimate of drug-likeness (QED) is 0.669. The average molecular weight is 342 g/mol. The smallest absolute Gasteiger partial charge is 0.411 e. The Hall–Kier alpha value is -3.55. The van der Waals surface area contributed by atoms with E-state index in [9.17, 15) is 19.8 Å². The van der Waals surface area contributed by atoms with Crippen LogP contribution in [0.4, 0.5) is 10.5 Å². The molecule has 0 aliphatic rings. The molecular weight excluding hydrogens is 328 g/mol. The predicted molar refractivity (Wildman–Crippen MR) is 89.7 cm³/mol. The molecule has 0 unspecified atom stereocenters. The zero-order chi connectivity index (χ0) is 18.0. The van der Waals surface area contributed by atoms with E-state index in [0.29, 0.717) is 5.56 Å². The number of fused-ring (bicyclic) bond motifs is 1. The molecule has 1 aromatic carbocycles. The van der Waals surface area contributed by atoms with Crippen LogP contribution in [0.15, 0.2) is 45.7 Å². The number of amides is 1. The topological polar surface area (TPSA) is 122 Å². The summed E-state index contributed by atoms with van der Waals surface area (Å²) in [6.07, 6.45) is 0.449. The van der Waals surface area contributed by atoms with E-state index in [0.717, 1.165) is 6.20 Å². The van der Waals surface area contributed by atoms with Crippen LogP contribution in [-0.4, -0.2) is 27.9 Å². The van der Waals surface area contributed by atoms with Gasteiger partial charge in [-0.25, -0.2) is 9.78 Å². The van der Waals surface area contributed by atoms with Crippen molar-refractivity contribution in [3.8, 4) is 22.8 Å². The van der Waals surface area contributed by atoms with Gasteiger partial charge >= 0.3 is 6.09 Å². The molecule has 0 saturated heterocycles. The SMILES string of the molecule is CCOC(=O)Nc1cc(O)ccc1-c1cc(=O)c2cc(O)cnc2o1. The van der Waals surface area contributed by atoms with Gasteiger partial charge in [0, 0.05) is 17.7 Å². The van der Waals surface area contributed by atoms with Crippen LogP contribution in [-0.2, 0) is 4.74 Å². The van der Waals surface area contributed by atoms with Crippen LogP contribution in [0.3, 0.4) is 0 Å². The van der Waals surface area contributed by atoms with Gasteiger partial charge < -0.3 is 19.4 Å². The van der Waals surface area contributed by atoms with Crippen molar-refractivity contribution in [1.29, 1.82) is 0 Å². The third-order valence-electron chi connectivity index (χ3n) is 3.35. The van der Waals surface area contributed by atoms with Crippen molar-refractivity contribution < 1.29 is 24.2 Å². The first-order valence-corrected chi connectivity index (χ1v) is 7.38. The minimum Gasteiger partial charge on any atom is -0.508 e. The minimum absolute atomic E-state index is 0.0375. The molecule has 1 amide bonds. The van der Waals surface area contributed by atoms with Gasteiger partial charge in [-0.15, -0.1) is 0 Å². The Bertz CT molecular complexity index is 1010. The minimum atomic E-state index is -0.708. The van der Waals surface area contributed by atoms with E-state index < -0.39 is 11.5 Å². The number of phenolic OH excluding ortho intramolecular Hbond substituents is 1. The summed E-state index contributed by atoms with van der Waals surface area (Å²) in [5.74, 6) is -0.0916. The lowest BCUT2D eigenvalue weighted by atomic mass is 10.1. The van der Waals surface area contributed by atoms with E-state index in [1.165, 1.54) is 30.3 Å². The number of ether oxygens (including phenoxy) is 1. The maximum absolute atomic E-state index is 12.3. The van der Waals surface area contributed by atoms with Crippen LogP contribution in [0.25, 0.3) is 22.4 Å². The largest absolute Gasteiger partial charge is 0.508 e. The van der Waals surface area contributed by atoms with Gasteiger partial charge in [-0.05, 0) is 25.1 Å². The zero-order valence-corrected chi connectivity index (χ0v) is 13.1. The van der Waals surface area contributed by atoms with Gasteiger partial charge in [0.15, 0.2) is 5.43 Å². The molecule has 3 N–H and O–H groups in total. The molecule has 0 atom stereocenters. The molecule has 128 valence electrons. The maximum Gasteiger partial charge on any atom is 0.411 e. The van der Waals surface area contributed by atoms with Crippen molar-refractivity contribution in [2.45, 2.75) is 6.92 Å². The highest BCUT2D eigenvalue weighted by Crippen LogP contribution is 2.32. The van der Waals surface area contributed by atoms with Gasteiger partial charge in [-0.1, -0.05) is 0 Å². The lowest BCUT2D eigenvalue weighted by Gasteiger charge is -2.11. The van der Waals surface area contributed by atoms with E-state index in [4.69, 9.17) is 9.15 Å². The van der Waals surface area contributed by atoms with Gasteiger partial charge in [0.1, 0.15) is 17.3 Å². The average Bonchev–Trinajstić information content (AvgIpc) is 2.56. The zero-order valence-electron chi connectivity index (χ0n) is 13.1. The Morgan fingerprint density at radius 2 is 2.04 bits per heavy atom. The molecule has 0 aliphatic carbocycles. The third kappa shape index (κ3) is 3.37. The molecular formula is C17H14N2O6. The number of aromatic nitrogens is 1. The van der Waals surface area contributed by atoms with Crippen LogP contribution >= 0.6 is 0 Å². The number of phenols is 1. The van der Waals surface area contributed by atoms with Gasteiger partial charge in [-0.2, -0.15) is 0 Å². The number of nitrogens with one attached hydrogen (secondary N) is 1. The maximum atomic E-state index is 12.3. The molecule has 0 fully saturated rings. The van der Waals surface area contributed by atoms with Gasteiger partial charge in [0.05, 0.1) is 23.9 Å². The summed E-state index contributed by atoms with van der Waals surface area (Å²) in [5.41, 5.74) is 0.199. The Morgan fingerprint density at radius 1 is 1.24 bits per heavy atom. The Kier molecular flexibility index (Phi) is 4.25. The summed E-state index contributed by atoms with van der Waals surface area (Å²) in [6, 6.07) is 6.65. The molecule has 2 heterocycles.